The number of nitrogens with zero attached hydrogens (tertiary/aromatic N) is 1. The van der Waals surface area contributed by atoms with Crippen molar-refractivity contribution in [2.24, 2.45) is 0 Å². The largest absolute Gasteiger partial charge is 0.289 e. The predicted molar refractivity (Wildman–Crippen MR) is 50.0 cm³/mol. The summed E-state index contributed by atoms with van der Waals surface area (Å²) in [5, 5.41) is 1.90. The summed E-state index contributed by atoms with van der Waals surface area (Å²) >= 11 is 1.63. The third-order valence-corrected chi connectivity index (χ3v) is 2.53. The molecule has 12 heavy (non-hydrogen) atoms. The van der Waals surface area contributed by atoms with E-state index in [0.29, 0.717) is 0 Å². The summed E-state index contributed by atoms with van der Waals surface area (Å²) in [4.78, 5) is 13.3. The number of rotatable bonds is 1. The fraction of sp³-hybridized carbons (Fsp3) is 0. The minimum absolute atomic E-state index is 0.815. The van der Waals surface area contributed by atoms with Crippen molar-refractivity contribution in [1.82, 2.24) is 0 Å². The molecule has 0 spiro atoms. The van der Waals surface area contributed by atoms with Crippen LogP contribution in [0, 0.1) is 0 Å². The number of hydrogen-bond acceptors (Lipinski definition) is 2. The Hall–Kier alpha value is -1.22. The van der Waals surface area contributed by atoms with Gasteiger partial charge in [0, 0.05) is 11.1 Å². The van der Waals surface area contributed by atoms with E-state index in [-0.39, 0.29) is 0 Å². The van der Waals surface area contributed by atoms with Gasteiger partial charge in [0.15, 0.2) is 0 Å². The molecule has 0 radical (unpaired) electrons. The summed E-state index contributed by atoms with van der Waals surface area (Å²) in [6.07, 6.45) is 2.58. The first kappa shape index (κ1) is 7.43. The zero-order chi connectivity index (χ0) is 8.39. The molecule has 1 heterocycles. The summed E-state index contributed by atoms with van der Waals surface area (Å²) < 4.78 is 0. The van der Waals surface area contributed by atoms with Crippen molar-refractivity contribution >= 4 is 23.9 Å². The van der Waals surface area contributed by atoms with E-state index in [9.17, 15) is 4.79 Å². The van der Waals surface area contributed by atoms with E-state index in [1.165, 1.54) is 0 Å². The SMILES string of the molecule is O=CN1C=CSc2ccccc21. The summed E-state index contributed by atoms with van der Waals surface area (Å²) in [6, 6.07) is 7.82. The van der Waals surface area contributed by atoms with Crippen molar-refractivity contribution in [3.63, 3.8) is 0 Å². The number of anilines is 1. The average Bonchev–Trinajstić information content (AvgIpc) is 2.17. The standard InChI is InChI=1S/C9H7NOS/c11-7-10-5-6-12-9-4-2-1-3-8(9)10/h1-7H. The minimum atomic E-state index is 0.815. The first-order valence-corrected chi connectivity index (χ1v) is 4.46. The number of carbonyl (C=O) groups excluding carboxylic acids is 1. The molecule has 0 saturated carbocycles. The third-order valence-electron chi connectivity index (χ3n) is 1.67. The molecular formula is C9H7NOS. The lowest BCUT2D eigenvalue weighted by molar-refractivity contribution is -0.107. The van der Waals surface area contributed by atoms with E-state index < -0.39 is 0 Å². The molecule has 0 aromatic heterocycles. The monoisotopic (exact) mass is 177 g/mol. The second kappa shape index (κ2) is 3.03. The van der Waals surface area contributed by atoms with Crippen LogP contribution in [0.3, 0.4) is 0 Å². The molecule has 2 nitrogen and oxygen atoms in total. The summed E-state index contributed by atoms with van der Waals surface area (Å²) in [7, 11) is 0. The maximum Gasteiger partial charge on any atom is 0.218 e. The van der Waals surface area contributed by atoms with Gasteiger partial charge in [-0.2, -0.15) is 0 Å². The van der Waals surface area contributed by atoms with E-state index in [1.54, 1.807) is 22.9 Å². The molecule has 1 aromatic carbocycles. The van der Waals surface area contributed by atoms with Gasteiger partial charge >= 0.3 is 0 Å². The minimum Gasteiger partial charge on any atom is -0.289 e. The highest BCUT2D eigenvalue weighted by Crippen LogP contribution is 2.33. The number of hydrogen-bond donors (Lipinski definition) is 0. The third kappa shape index (κ3) is 1.12. The van der Waals surface area contributed by atoms with Gasteiger partial charge in [-0.25, -0.2) is 0 Å². The summed E-state index contributed by atoms with van der Waals surface area (Å²) in [5.41, 5.74) is 0.958. The van der Waals surface area contributed by atoms with E-state index in [1.807, 2.05) is 29.7 Å². The van der Waals surface area contributed by atoms with Crippen LogP contribution in [0.4, 0.5) is 5.69 Å². The van der Waals surface area contributed by atoms with Gasteiger partial charge < -0.3 is 0 Å². The molecule has 0 N–H and O–H groups in total. The van der Waals surface area contributed by atoms with E-state index in [2.05, 4.69) is 0 Å². The van der Waals surface area contributed by atoms with Crippen molar-refractivity contribution in [3.05, 3.63) is 35.9 Å². The fourth-order valence-corrected chi connectivity index (χ4v) is 1.90. The average molecular weight is 177 g/mol. The van der Waals surface area contributed by atoms with Gasteiger partial charge in [-0.3, -0.25) is 9.69 Å². The first-order chi connectivity index (χ1) is 5.92. The van der Waals surface area contributed by atoms with E-state index >= 15 is 0 Å². The molecule has 0 unspecified atom stereocenters. The molecule has 0 fully saturated rings. The molecule has 60 valence electrons. The second-order valence-corrected chi connectivity index (χ2v) is 3.33. The molecule has 0 atom stereocenters. The maximum atomic E-state index is 10.6. The van der Waals surface area contributed by atoms with E-state index in [4.69, 9.17) is 0 Å². The molecule has 0 saturated heterocycles. The Labute approximate surface area is 74.9 Å². The van der Waals surface area contributed by atoms with Gasteiger partial charge in [0.25, 0.3) is 0 Å². The first-order valence-electron chi connectivity index (χ1n) is 3.58. The molecular weight excluding hydrogens is 170 g/mol. The van der Waals surface area contributed by atoms with Gasteiger partial charge in [0.1, 0.15) is 0 Å². The van der Waals surface area contributed by atoms with Crippen molar-refractivity contribution in [3.8, 4) is 0 Å². The van der Waals surface area contributed by atoms with Crippen LogP contribution >= 0.6 is 11.8 Å². The van der Waals surface area contributed by atoms with Gasteiger partial charge in [-0.1, -0.05) is 23.9 Å². The Morgan fingerprint density at radius 1 is 1.33 bits per heavy atom. The Morgan fingerprint density at radius 2 is 2.17 bits per heavy atom. The van der Waals surface area contributed by atoms with Crippen LogP contribution in [0.1, 0.15) is 0 Å². The van der Waals surface area contributed by atoms with E-state index in [0.717, 1.165) is 17.0 Å². The van der Waals surface area contributed by atoms with Crippen LogP contribution in [0.25, 0.3) is 0 Å². The Bertz CT molecular complexity index is 335. The van der Waals surface area contributed by atoms with Crippen molar-refractivity contribution < 1.29 is 4.79 Å². The topological polar surface area (TPSA) is 20.3 Å². The number of benzene rings is 1. The number of amides is 1. The molecule has 1 amide bonds. The lowest BCUT2D eigenvalue weighted by Crippen LogP contribution is -2.14. The Kier molecular flexibility index (Phi) is 1.87. The molecule has 0 aliphatic carbocycles. The molecule has 0 bridgehead atoms. The highest BCUT2D eigenvalue weighted by atomic mass is 32.2. The highest BCUT2D eigenvalue weighted by molar-refractivity contribution is 8.02. The lowest BCUT2D eigenvalue weighted by Gasteiger charge is -2.19. The van der Waals surface area contributed by atoms with Crippen LogP contribution in [-0.4, -0.2) is 6.41 Å². The maximum absolute atomic E-state index is 10.6. The van der Waals surface area contributed by atoms with Gasteiger partial charge in [-0.15, -0.1) is 0 Å². The smallest absolute Gasteiger partial charge is 0.218 e. The number of fused-ring (bicyclic) bond motifs is 1. The van der Waals surface area contributed by atoms with Crippen LogP contribution in [-0.2, 0) is 4.79 Å². The van der Waals surface area contributed by atoms with Gasteiger partial charge in [0.05, 0.1) is 5.69 Å². The number of para-hydroxylation sites is 1. The quantitative estimate of drug-likeness (QED) is 0.613. The zero-order valence-corrected chi connectivity index (χ0v) is 7.12. The van der Waals surface area contributed by atoms with Crippen LogP contribution in [0.15, 0.2) is 40.8 Å². The van der Waals surface area contributed by atoms with Crippen LogP contribution in [0.2, 0.25) is 0 Å². The molecule has 1 aromatic rings. The fourth-order valence-electron chi connectivity index (χ4n) is 1.11. The van der Waals surface area contributed by atoms with Crippen LogP contribution < -0.4 is 4.90 Å². The summed E-state index contributed by atoms with van der Waals surface area (Å²) in [5.74, 6) is 0. The molecule has 2 rings (SSSR count). The van der Waals surface area contributed by atoms with Crippen molar-refractivity contribution in [1.29, 1.82) is 0 Å². The normalized spacial score (nSPS) is 14.2. The predicted octanol–water partition coefficient (Wildman–Crippen LogP) is 2.23. The summed E-state index contributed by atoms with van der Waals surface area (Å²) in [6.45, 7) is 0. The zero-order valence-electron chi connectivity index (χ0n) is 6.31. The van der Waals surface area contributed by atoms with Gasteiger partial charge in [0.2, 0.25) is 6.41 Å². The Balaban J connectivity index is 2.49. The van der Waals surface area contributed by atoms with Gasteiger partial charge in [-0.05, 0) is 17.5 Å². The van der Waals surface area contributed by atoms with Crippen molar-refractivity contribution in [2.45, 2.75) is 4.90 Å². The number of carbonyl (C=O) groups is 1. The lowest BCUT2D eigenvalue weighted by atomic mass is 10.3. The number of thioether (sulfide) groups is 1. The molecule has 1 aliphatic heterocycles. The van der Waals surface area contributed by atoms with Crippen LogP contribution in [0.5, 0.6) is 0 Å². The molecule has 3 heteroatoms. The second-order valence-electron chi connectivity index (χ2n) is 2.38. The highest BCUT2D eigenvalue weighted by Gasteiger charge is 2.10. The van der Waals surface area contributed by atoms with Crippen molar-refractivity contribution in [2.75, 3.05) is 4.90 Å². The molecule has 1 aliphatic rings. The Morgan fingerprint density at radius 3 is 3.00 bits per heavy atom.